The minimum absolute atomic E-state index is 0.217. The molecular formula is C36H74O3. The van der Waals surface area contributed by atoms with E-state index in [2.05, 4.69) is 13.8 Å². The first-order valence-corrected chi connectivity index (χ1v) is 18.0. The zero-order chi connectivity index (χ0) is 28.8. The van der Waals surface area contributed by atoms with Gasteiger partial charge >= 0.3 is 0 Å². The number of aliphatic hydroxyl groups is 2. The molecular weight excluding hydrogens is 480 g/mol. The highest BCUT2D eigenvalue weighted by atomic mass is 16.5. The van der Waals surface area contributed by atoms with Crippen molar-refractivity contribution in [2.24, 2.45) is 11.8 Å². The molecule has 4 unspecified atom stereocenters. The van der Waals surface area contributed by atoms with E-state index in [0.29, 0.717) is 13.2 Å². The maximum atomic E-state index is 10.3. The number of hydrogen-bond acceptors (Lipinski definition) is 3. The van der Waals surface area contributed by atoms with Crippen molar-refractivity contribution in [3.05, 3.63) is 0 Å². The maximum Gasteiger partial charge on any atom is 0.0562 e. The van der Waals surface area contributed by atoms with Crippen LogP contribution in [0.25, 0.3) is 0 Å². The van der Waals surface area contributed by atoms with Crippen molar-refractivity contribution in [2.75, 3.05) is 13.2 Å². The summed E-state index contributed by atoms with van der Waals surface area (Å²) in [6.45, 7) is 9.63. The zero-order valence-corrected chi connectivity index (χ0v) is 27.4. The fraction of sp³-hybridized carbons (Fsp3) is 1.00. The molecule has 0 radical (unpaired) electrons. The molecule has 0 aliphatic heterocycles. The number of rotatable bonds is 32. The second kappa shape index (κ2) is 30.8. The van der Waals surface area contributed by atoms with Crippen LogP contribution in [0.15, 0.2) is 0 Å². The van der Waals surface area contributed by atoms with Crippen molar-refractivity contribution >= 4 is 0 Å². The van der Waals surface area contributed by atoms with Gasteiger partial charge in [0, 0.05) is 11.8 Å². The molecule has 0 aliphatic carbocycles. The molecule has 0 saturated carbocycles. The van der Waals surface area contributed by atoms with Gasteiger partial charge < -0.3 is 14.9 Å². The summed E-state index contributed by atoms with van der Waals surface area (Å²) in [5.41, 5.74) is 0. The van der Waals surface area contributed by atoms with E-state index in [1.54, 1.807) is 0 Å². The Balaban J connectivity index is 3.77. The summed E-state index contributed by atoms with van der Waals surface area (Å²) in [7, 11) is 0. The third-order valence-electron chi connectivity index (χ3n) is 8.89. The van der Waals surface area contributed by atoms with Crippen LogP contribution in [0.3, 0.4) is 0 Å². The SMILES string of the molecule is CCCCCCCCCCCCCCC(COCC(CCCCCCCCCCCCCC)C(C)O)C(C)O. The van der Waals surface area contributed by atoms with Gasteiger partial charge in [-0.05, 0) is 26.7 Å². The highest BCUT2D eigenvalue weighted by Gasteiger charge is 2.19. The van der Waals surface area contributed by atoms with Gasteiger partial charge in [0.05, 0.1) is 25.4 Å². The van der Waals surface area contributed by atoms with Crippen molar-refractivity contribution in [1.82, 2.24) is 0 Å². The molecule has 0 aliphatic rings. The van der Waals surface area contributed by atoms with Crippen LogP contribution in [0, 0.1) is 11.8 Å². The first-order valence-electron chi connectivity index (χ1n) is 18.0. The predicted molar refractivity (Wildman–Crippen MR) is 173 cm³/mol. The lowest BCUT2D eigenvalue weighted by Gasteiger charge is -2.24. The summed E-state index contributed by atoms with van der Waals surface area (Å²) >= 11 is 0. The molecule has 4 atom stereocenters. The number of ether oxygens (including phenoxy) is 1. The van der Waals surface area contributed by atoms with Crippen molar-refractivity contribution in [1.29, 1.82) is 0 Å². The topological polar surface area (TPSA) is 49.7 Å². The average Bonchev–Trinajstić information content (AvgIpc) is 2.91. The Kier molecular flexibility index (Phi) is 30.7. The zero-order valence-electron chi connectivity index (χ0n) is 27.4. The Labute approximate surface area is 246 Å². The first-order chi connectivity index (χ1) is 19.0. The fourth-order valence-electron chi connectivity index (χ4n) is 5.79. The standard InChI is InChI=1S/C36H74O3/c1-5-7-9-11-13-15-17-19-21-23-25-27-29-35(33(3)37)31-39-32-36(34(4)38)30-28-26-24-22-20-18-16-14-12-10-8-6-2/h33-38H,5-32H2,1-4H3. The molecule has 2 N–H and O–H groups in total. The lowest BCUT2D eigenvalue weighted by Crippen LogP contribution is -2.27. The number of unbranched alkanes of at least 4 members (excludes halogenated alkanes) is 22. The Bertz CT molecular complexity index is 411. The monoisotopic (exact) mass is 555 g/mol. The molecule has 0 spiro atoms. The summed E-state index contributed by atoms with van der Waals surface area (Å²) in [5, 5.41) is 20.5. The number of aliphatic hydroxyl groups excluding tert-OH is 2. The Morgan fingerprint density at radius 1 is 0.385 bits per heavy atom. The van der Waals surface area contributed by atoms with E-state index < -0.39 is 0 Å². The van der Waals surface area contributed by atoms with Crippen molar-refractivity contribution in [2.45, 2.75) is 207 Å². The van der Waals surface area contributed by atoms with Crippen molar-refractivity contribution in [3.63, 3.8) is 0 Å². The van der Waals surface area contributed by atoms with E-state index in [0.717, 1.165) is 12.8 Å². The quantitative estimate of drug-likeness (QED) is 0.0813. The Hall–Kier alpha value is -0.120. The highest BCUT2D eigenvalue weighted by molar-refractivity contribution is 4.68. The van der Waals surface area contributed by atoms with E-state index in [1.807, 2.05) is 13.8 Å². The van der Waals surface area contributed by atoms with Crippen LogP contribution in [0.5, 0.6) is 0 Å². The Morgan fingerprint density at radius 3 is 0.846 bits per heavy atom. The van der Waals surface area contributed by atoms with E-state index in [-0.39, 0.29) is 24.0 Å². The van der Waals surface area contributed by atoms with Crippen LogP contribution >= 0.6 is 0 Å². The third kappa shape index (κ3) is 27.8. The van der Waals surface area contributed by atoms with Crippen molar-refractivity contribution < 1.29 is 14.9 Å². The van der Waals surface area contributed by atoms with E-state index in [9.17, 15) is 10.2 Å². The normalized spacial score (nSPS) is 14.9. The molecule has 3 nitrogen and oxygen atoms in total. The van der Waals surface area contributed by atoms with Crippen LogP contribution in [0.4, 0.5) is 0 Å². The summed E-state index contributed by atoms with van der Waals surface area (Å²) in [5.74, 6) is 0.434. The summed E-state index contributed by atoms with van der Waals surface area (Å²) in [6.07, 6.45) is 34.2. The molecule has 0 aromatic carbocycles. The van der Waals surface area contributed by atoms with Gasteiger partial charge in [-0.3, -0.25) is 0 Å². The van der Waals surface area contributed by atoms with Crippen LogP contribution in [-0.2, 0) is 4.74 Å². The molecule has 3 heteroatoms. The molecule has 0 rings (SSSR count). The molecule has 0 bridgehead atoms. The van der Waals surface area contributed by atoms with Gasteiger partial charge in [-0.1, -0.05) is 168 Å². The predicted octanol–water partition coefficient (Wildman–Crippen LogP) is 11.2. The molecule has 0 heterocycles. The molecule has 0 aromatic rings. The summed E-state index contributed by atoms with van der Waals surface area (Å²) < 4.78 is 6.08. The van der Waals surface area contributed by atoms with E-state index in [1.165, 1.54) is 154 Å². The molecule has 236 valence electrons. The first kappa shape index (κ1) is 38.9. The summed E-state index contributed by atoms with van der Waals surface area (Å²) in [6, 6.07) is 0. The second-order valence-electron chi connectivity index (χ2n) is 12.9. The third-order valence-corrected chi connectivity index (χ3v) is 8.89. The number of hydrogen-bond donors (Lipinski definition) is 2. The van der Waals surface area contributed by atoms with Crippen LogP contribution in [-0.4, -0.2) is 35.6 Å². The van der Waals surface area contributed by atoms with Gasteiger partial charge in [-0.15, -0.1) is 0 Å². The van der Waals surface area contributed by atoms with Crippen LogP contribution in [0.2, 0.25) is 0 Å². The van der Waals surface area contributed by atoms with Crippen LogP contribution < -0.4 is 0 Å². The highest BCUT2D eigenvalue weighted by Crippen LogP contribution is 2.20. The lowest BCUT2D eigenvalue weighted by atomic mass is 9.95. The van der Waals surface area contributed by atoms with Gasteiger partial charge in [0.15, 0.2) is 0 Å². The van der Waals surface area contributed by atoms with E-state index in [4.69, 9.17) is 4.74 Å². The largest absolute Gasteiger partial charge is 0.393 e. The van der Waals surface area contributed by atoms with Gasteiger partial charge in [-0.25, -0.2) is 0 Å². The van der Waals surface area contributed by atoms with E-state index >= 15 is 0 Å². The fourth-order valence-corrected chi connectivity index (χ4v) is 5.79. The Morgan fingerprint density at radius 2 is 0.615 bits per heavy atom. The van der Waals surface area contributed by atoms with Gasteiger partial charge in [0.2, 0.25) is 0 Å². The lowest BCUT2D eigenvalue weighted by molar-refractivity contribution is -0.00795. The minimum Gasteiger partial charge on any atom is -0.393 e. The van der Waals surface area contributed by atoms with Gasteiger partial charge in [-0.2, -0.15) is 0 Å². The minimum atomic E-state index is -0.320. The molecule has 0 fully saturated rings. The average molecular weight is 555 g/mol. The van der Waals surface area contributed by atoms with Crippen LogP contribution in [0.1, 0.15) is 195 Å². The second-order valence-corrected chi connectivity index (χ2v) is 12.9. The van der Waals surface area contributed by atoms with Crippen molar-refractivity contribution in [3.8, 4) is 0 Å². The molecule has 0 amide bonds. The molecule has 0 saturated heterocycles. The maximum absolute atomic E-state index is 10.3. The molecule has 39 heavy (non-hydrogen) atoms. The summed E-state index contributed by atoms with van der Waals surface area (Å²) in [4.78, 5) is 0. The van der Waals surface area contributed by atoms with Gasteiger partial charge in [0.25, 0.3) is 0 Å². The van der Waals surface area contributed by atoms with Gasteiger partial charge in [0.1, 0.15) is 0 Å². The smallest absolute Gasteiger partial charge is 0.0562 e. The molecule has 0 aromatic heterocycles.